The van der Waals surface area contributed by atoms with E-state index in [0.717, 1.165) is 0 Å². The van der Waals surface area contributed by atoms with Gasteiger partial charge in [-0.05, 0) is 33.0 Å². The molecule has 0 rings (SSSR count). The summed E-state index contributed by atoms with van der Waals surface area (Å²) in [6.07, 6.45) is 39.3. The van der Waals surface area contributed by atoms with E-state index >= 15 is 0 Å². The monoisotopic (exact) mass is 466 g/mol. The Hall–Kier alpha value is -0.0400. The summed E-state index contributed by atoms with van der Waals surface area (Å²) in [5.74, 6) is 0. The minimum Gasteiger partial charge on any atom is -0.306 e. The number of unbranched alkanes of at least 4 members (excludes halogenated alkanes) is 25. The topological polar surface area (TPSA) is 3.24 Å². The van der Waals surface area contributed by atoms with Gasteiger partial charge in [0.2, 0.25) is 0 Å². The van der Waals surface area contributed by atoms with Crippen LogP contribution in [-0.2, 0) is 0 Å². The number of hydrogen-bond acceptors (Lipinski definition) is 1. The van der Waals surface area contributed by atoms with Gasteiger partial charge in [0.25, 0.3) is 0 Å². The molecule has 0 aromatic heterocycles. The molecule has 0 aromatic carbocycles. The van der Waals surface area contributed by atoms with Crippen LogP contribution in [0.4, 0.5) is 0 Å². The molecule has 200 valence electrons. The first kappa shape index (κ1) is 33.0. The Labute approximate surface area is 212 Å². The Balaban J connectivity index is 3.12. The Morgan fingerprint density at radius 3 is 0.667 bits per heavy atom. The zero-order chi connectivity index (χ0) is 24.1. The lowest BCUT2D eigenvalue weighted by atomic mass is 10.0. The van der Waals surface area contributed by atoms with Gasteiger partial charge in [0.15, 0.2) is 0 Å². The predicted octanol–water partition coefficient (Wildman–Crippen LogP) is 11.5. The van der Waals surface area contributed by atoms with Crippen molar-refractivity contribution in [1.29, 1.82) is 0 Å². The zero-order valence-electron chi connectivity index (χ0n) is 24.0. The average Bonchev–Trinajstić information content (AvgIpc) is 2.82. The fourth-order valence-electron chi connectivity index (χ4n) is 5.09. The lowest BCUT2D eigenvalue weighted by Gasteiger charge is -2.16. The van der Waals surface area contributed by atoms with Crippen LogP contribution in [-0.4, -0.2) is 25.0 Å². The maximum atomic E-state index is 2.58. The molecule has 0 aliphatic heterocycles. The van der Waals surface area contributed by atoms with E-state index in [-0.39, 0.29) is 0 Å². The number of rotatable bonds is 29. The van der Waals surface area contributed by atoms with Crippen molar-refractivity contribution in [2.24, 2.45) is 0 Å². The molecule has 1 heteroatoms. The normalized spacial score (nSPS) is 11.6. The van der Waals surface area contributed by atoms with E-state index < -0.39 is 0 Å². The predicted molar refractivity (Wildman–Crippen MR) is 154 cm³/mol. The summed E-state index contributed by atoms with van der Waals surface area (Å²) in [5.41, 5.74) is 0. The van der Waals surface area contributed by atoms with Gasteiger partial charge in [0, 0.05) is 0 Å². The summed E-state index contributed by atoms with van der Waals surface area (Å²) in [5, 5.41) is 0. The van der Waals surface area contributed by atoms with Crippen LogP contribution < -0.4 is 0 Å². The Morgan fingerprint density at radius 1 is 0.273 bits per heavy atom. The van der Waals surface area contributed by atoms with Gasteiger partial charge in [-0.15, -0.1) is 0 Å². The molecule has 0 unspecified atom stereocenters. The molecule has 0 bridgehead atoms. The third-order valence-corrected chi connectivity index (χ3v) is 7.54. The minimum atomic E-state index is 1.31. The summed E-state index contributed by atoms with van der Waals surface area (Å²) < 4.78 is 0. The third-order valence-electron chi connectivity index (χ3n) is 7.54. The van der Waals surface area contributed by atoms with Gasteiger partial charge < -0.3 is 4.90 Å². The van der Waals surface area contributed by atoms with E-state index in [0.29, 0.717) is 0 Å². The van der Waals surface area contributed by atoms with Crippen molar-refractivity contribution >= 4 is 0 Å². The van der Waals surface area contributed by atoms with Gasteiger partial charge in [0.1, 0.15) is 0 Å². The van der Waals surface area contributed by atoms with Crippen molar-refractivity contribution in [2.75, 3.05) is 20.1 Å². The van der Waals surface area contributed by atoms with E-state index in [1.807, 2.05) is 0 Å². The first-order valence-electron chi connectivity index (χ1n) is 16.0. The van der Waals surface area contributed by atoms with Crippen LogP contribution in [0.15, 0.2) is 0 Å². The molecule has 33 heavy (non-hydrogen) atoms. The highest BCUT2D eigenvalue weighted by molar-refractivity contribution is 4.55. The molecule has 0 aliphatic rings. The van der Waals surface area contributed by atoms with Crippen LogP contribution in [0.5, 0.6) is 0 Å². The second-order valence-electron chi connectivity index (χ2n) is 11.1. The lowest BCUT2D eigenvalue weighted by Crippen LogP contribution is -2.20. The molecule has 0 saturated heterocycles. The van der Waals surface area contributed by atoms with E-state index in [2.05, 4.69) is 25.8 Å². The maximum absolute atomic E-state index is 2.58. The largest absolute Gasteiger partial charge is 0.306 e. The SMILES string of the molecule is CCCCCCCCCCCCCCCCCCCN(C)CCCCCCCCCCCC. The molecule has 0 radical (unpaired) electrons. The highest BCUT2D eigenvalue weighted by Gasteiger charge is 1.99. The molecular formula is C32H67N. The van der Waals surface area contributed by atoms with Crippen molar-refractivity contribution in [3.63, 3.8) is 0 Å². The number of nitrogens with zero attached hydrogens (tertiary/aromatic N) is 1. The standard InChI is InChI=1S/C32H67N/c1-4-6-8-10-12-14-16-17-18-19-20-21-22-24-26-28-30-32-33(3)31-29-27-25-23-15-13-11-9-7-5-2/h4-32H2,1-3H3. The molecule has 0 saturated carbocycles. The maximum Gasteiger partial charge on any atom is -0.00218 e. The summed E-state index contributed by atoms with van der Waals surface area (Å²) in [6, 6.07) is 0. The molecular weight excluding hydrogens is 398 g/mol. The van der Waals surface area contributed by atoms with Gasteiger partial charge in [-0.3, -0.25) is 0 Å². The van der Waals surface area contributed by atoms with Crippen LogP contribution >= 0.6 is 0 Å². The zero-order valence-corrected chi connectivity index (χ0v) is 24.0. The van der Waals surface area contributed by atoms with Gasteiger partial charge in [0.05, 0.1) is 0 Å². The van der Waals surface area contributed by atoms with Crippen LogP contribution in [0.25, 0.3) is 0 Å². The first-order chi connectivity index (χ1) is 16.3. The van der Waals surface area contributed by atoms with Crippen LogP contribution in [0.1, 0.15) is 187 Å². The molecule has 0 aliphatic carbocycles. The van der Waals surface area contributed by atoms with Crippen molar-refractivity contribution in [3.8, 4) is 0 Å². The Kier molecular flexibility index (Phi) is 30.0. The van der Waals surface area contributed by atoms with Crippen LogP contribution in [0.2, 0.25) is 0 Å². The molecule has 0 spiro atoms. The highest BCUT2D eigenvalue weighted by atomic mass is 15.1. The van der Waals surface area contributed by atoms with E-state index in [1.165, 1.54) is 186 Å². The summed E-state index contributed by atoms with van der Waals surface area (Å²) in [6.45, 7) is 7.24. The quantitative estimate of drug-likeness (QED) is 0.0992. The Bertz CT molecular complexity index is 326. The van der Waals surface area contributed by atoms with E-state index in [1.54, 1.807) is 0 Å². The molecule has 0 atom stereocenters. The summed E-state index contributed by atoms with van der Waals surface area (Å²) in [4.78, 5) is 2.58. The van der Waals surface area contributed by atoms with Gasteiger partial charge >= 0.3 is 0 Å². The molecule has 0 heterocycles. The van der Waals surface area contributed by atoms with Gasteiger partial charge in [-0.1, -0.05) is 174 Å². The molecule has 0 fully saturated rings. The minimum absolute atomic E-state index is 1.31. The second-order valence-corrected chi connectivity index (χ2v) is 11.1. The van der Waals surface area contributed by atoms with Gasteiger partial charge in [-0.2, -0.15) is 0 Å². The fraction of sp³-hybridized carbons (Fsp3) is 1.00. The third kappa shape index (κ3) is 29.9. The number of hydrogen-bond donors (Lipinski definition) is 0. The van der Waals surface area contributed by atoms with Crippen molar-refractivity contribution in [1.82, 2.24) is 4.90 Å². The molecule has 0 aromatic rings. The van der Waals surface area contributed by atoms with Crippen molar-refractivity contribution < 1.29 is 0 Å². The van der Waals surface area contributed by atoms with Crippen molar-refractivity contribution in [2.45, 2.75) is 187 Å². The Morgan fingerprint density at radius 2 is 0.455 bits per heavy atom. The lowest BCUT2D eigenvalue weighted by molar-refractivity contribution is 0.314. The van der Waals surface area contributed by atoms with E-state index in [9.17, 15) is 0 Å². The molecule has 0 N–H and O–H groups in total. The van der Waals surface area contributed by atoms with Crippen molar-refractivity contribution in [3.05, 3.63) is 0 Å². The smallest absolute Gasteiger partial charge is 0.00218 e. The summed E-state index contributed by atoms with van der Waals surface area (Å²) >= 11 is 0. The van der Waals surface area contributed by atoms with E-state index in [4.69, 9.17) is 0 Å². The highest BCUT2D eigenvalue weighted by Crippen LogP contribution is 2.14. The second kappa shape index (κ2) is 30.0. The van der Waals surface area contributed by atoms with Crippen LogP contribution in [0, 0.1) is 0 Å². The van der Waals surface area contributed by atoms with Gasteiger partial charge in [-0.25, -0.2) is 0 Å². The molecule has 1 nitrogen and oxygen atoms in total. The first-order valence-corrected chi connectivity index (χ1v) is 16.0. The van der Waals surface area contributed by atoms with Crippen LogP contribution in [0.3, 0.4) is 0 Å². The summed E-state index contributed by atoms with van der Waals surface area (Å²) in [7, 11) is 2.33. The average molecular weight is 466 g/mol. The fourth-order valence-corrected chi connectivity index (χ4v) is 5.09. The molecule has 0 amide bonds.